The Labute approximate surface area is 109 Å². The first kappa shape index (κ1) is 15.0. The highest BCUT2D eigenvalue weighted by atomic mass is 32.2. The van der Waals surface area contributed by atoms with Crippen LogP contribution in [0, 0.1) is 0 Å². The molecular formula is C13H16F2O2S. The van der Waals surface area contributed by atoms with E-state index in [2.05, 4.69) is 0 Å². The summed E-state index contributed by atoms with van der Waals surface area (Å²) in [6.45, 7) is 3.74. The summed E-state index contributed by atoms with van der Waals surface area (Å²) in [6, 6.07) is 2.50. The summed E-state index contributed by atoms with van der Waals surface area (Å²) in [5.41, 5.74) is 0.578. The van der Waals surface area contributed by atoms with Crippen LogP contribution in [0.25, 0.3) is 0 Å². The Balaban J connectivity index is 3.35. The van der Waals surface area contributed by atoms with Crippen molar-refractivity contribution in [1.82, 2.24) is 0 Å². The SMILES string of the molecule is CCCSc1c(C(F)F)ccc(C(=O)O)c1CC. The lowest BCUT2D eigenvalue weighted by Gasteiger charge is -2.15. The van der Waals surface area contributed by atoms with Crippen molar-refractivity contribution >= 4 is 17.7 Å². The molecule has 5 heteroatoms. The lowest BCUT2D eigenvalue weighted by Crippen LogP contribution is -2.06. The van der Waals surface area contributed by atoms with Crippen molar-refractivity contribution in [2.45, 2.75) is 38.0 Å². The second-order valence-corrected chi connectivity index (χ2v) is 4.92. The monoisotopic (exact) mass is 274 g/mol. The van der Waals surface area contributed by atoms with E-state index in [1.165, 1.54) is 23.9 Å². The van der Waals surface area contributed by atoms with E-state index in [-0.39, 0.29) is 11.1 Å². The minimum Gasteiger partial charge on any atom is -0.478 e. The molecule has 18 heavy (non-hydrogen) atoms. The average Bonchev–Trinajstić information content (AvgIpc) is 2.34. The number of alkyl halides is 2. The number of hydrogen-bond acceptors (Lipinski definition) is 2. The fourth-order valence-corrected chi connectivity index (χ4v) is 2.90. The van der Waals surface area contributed by atoms with Gasteiger partial charge < -0.3 is 5.11 Å². The van der Waals surface area contributed by atoms with Crippen molar-refractivity contribution in [2.24, 2.45) is 0 Å². The van der Waals surface area contributed by atoms with Crippen LogP contribution >= 0.6 is 11.8 Å². The standard InChI is InChI=1S/C13H16F2O2S/c1-3-7-18-11-8(4-2)9(13(16)17)5-6-10(11)12(14)15/h5-6,12H,3-4,7H2,1-2H3,(H,16,17). The van der Waals surface area contributed by atoms with E-state index in [0.29, 0.717) is 22.6 Å². The Bertz CT molecular complexity index is 433. The summed E-state index contributed by atoms with van der Waals surface area (Å²) in [4.78, 5) is 11.5. The number of thioether (sulfide) groups is 1. The molecule has 0 bridgehead atoms. The van der Waals surface area contributed by atoms with Crippen LogP contribution in [0.1, 0.15) is 48.2 Å². The molecule has 0 fully saturated rings. The van der Waals surface area contributed by atoms with Gasteiger partial charge in [-0.15, -0.1) is 11.8 Å². The molecule has 0 radical (unpaired) electrons. The molecule has 0 atom stereocenters. The van der Waals surface area contributed by atoms with Gasteiger partial charge in [-0.1, -0.05) is 19.9 Å². The summed E-state index contributed by atoms with van der Waals surface area (Å²) in [6.07, 6.45) is -1.28. The van der Waals surface area contributed by atoms with Crippen LogP contribution in [0.15, 0.2) is 17.0 Å². The fourth-order valence-electron chi connectivity index (χ4n) is 1.74. The zero-order valence-corrected chi connectivity index (χ0v) is 11.2. The highest BCUT2D eigenvalue weighted by Crippen LogP contribution is 2.35. The maximum absolute atomic E-state index is 12.9. The Morgan fingerprint density at radius 1 is 1.39 bits per heavy atom. The van der Waals surface area contributed by atoms with Crippen LogP contribution in [0.3, 0.4) is 0 Å². The number of carbonyl (C=O) groups is 1. The maximum atomic E-state index is 12.9. The molecule has 1 aromatic carbocycles. The Morgan fingerprint density at radius 2 is 2.06 bits per heavy atom. The third-order valence-corrected chi connectivity index (χ3v) is 3.94. The second-order valence-electron chi connectivity index (χ2n) is 3.82. The van der Waals surface area contributed by atoms with Gasteiger partial charge >= 0.3 is 5.97 Å². The molecule has 1 aromatic rings. The van der Waals surface area contributed by atoms with E-state index in [0.717, 1.165) is 6.42 Å². The van der Waals surface area contributed by atoms with Crippen molar-refractivity contribution in [3.63, 3.8) is 0 Å². The van der Waals surface area contributed by atoms with Gasteiger partial charge in [0.1, 0.15) is 0 Å². The first-order valence-electron chi connectivity index (χ1n) is 5.82. The minimum absolute atomic E-state index is 0.0599. The summed E-state index contributed by atoms with van der Waals surface area (Å²) < 4.78 is 25.9. The summed E-state index contributed by atoms with van der Waals surface area (Å²) in [5, 5.41) is 9.08. The van der Waals surface area contributed by atoms with Crippen LogP contribution in [-0.4, -0.2) is 16.8 Å². The van der Waals surface area contributed by atoms with Gasteiger partial charge in [-0.2, -0.15) is 0 Å². The largest absolute Gasteiger partial charge is 0.478 e. The van der Waals surface area contributed by atoms with Crippen molar-refractivity contribution in [3.05, 3.63) is 28.8 Å². The van der Waals surface area contributed by atoms with E-state index in [9.17, 15) is 13.6 Å². The molecule has 1 N–H and O–H groups in total. The average molecular weight is 274 g/mol. The molecule has 2 nitrogen and oxygen atoms in total. The molecule has 0 spiro atoms. The van der Waals surface area contributed by atoms with Gasteiger partial charge in [0.2, 0.25) is 0 Å². The lowest BCUT2D eigenvalue weighted by molar-refractivity contribution is 0.0694. The quantitative estimate of drug-likeness (QED) is 0.782. The number of hydrogen-bond donors (Lipinski definition) is 1. The van der Waals surface area contributed by atoms with E-state index in [1.807, 2.05) is 6.92 Å². The third kappa shape index (κ3) is 3.22. The highest BCUT2D eigenvalue weighted by Gasteiger charge is 2.21. The number of rotatable bonds is 6. The normalized spacial score (nSPS) is 10.9. The van der Waals surface area contributed by atoms with Crippen LogP contribution < -0.4 is 0 Å². The van der Waals surface area contributed by atoms with Crippen LogP contribution in [-0.2, 0) is 6.42 Å². The minimum atomic E-state index is -2.57. The molecule has 0 aliphatic rings. The molecule has 1 rings (SSSR count). The van der Waals surface area contributed by atoms with Crippen LogP contribution in [0.2, 0.25) is 0 Å². The molecule has 0 heterocycles. The number of carboxylic acid groups (broad SMARTS) is 1. The second kappa shape index (κ2) is 6.73. The number of aromatic carboxylic acids is 1. The number of benzene rings is 1. The predicted molar refractivity (Wildman–Crippen MR) is 68.8 cm³/mol. The maximum Gasteiger partial charge on any atom is 0.336 e. The number of carboxylic acids is 1. The van der Waals surface area contributed by atoms with Gasteiger partial charge in [-0.25, -0.2) is 13.6 Å². The zero-order chi connectivity index (χ0) is 13.7. The van der Waals surface area contributed by atoms with Gasteiger partial charge in [0.15, 0.2) is 0 Å². The first-order valence-corrected chi connectivity index (χ1v) is 6.81. The van der Waals surface area contributed by atoms with Crippen molar-refractivity contribution in [2.75, 3.05) is 5.75 Å². The lowest BCUT2D eigenvalue weighted by atomic mass is 10.0. The molecular weight excluding hydrogens is 258 g/mol. The van der Waals surface area contributed by atoms with Gasteiger partial charge in [0.25, 0.3) is 6.43 Å². The Morgan fingerprint density at radius 3 is 2.50 bits per heavy atom. The predicted octanol–water partition coefficient (Wildman–Crippen LogP) is 4.39. The molecule has 0 aliphatic carbocycles. The fraction of sp³-hybridized carbons (Fsp3) is 0.462. The zero-order valence-electron chi connectivity index (χ0n) is 10.4. The molecule has 0 saturated carbocycles. The van der Waals surface area contributed by atoms with Gasteiger partial charge in [-0.05, 0) is 30.2 Å². The smallest absolute Gasteiger partial charge is 0.336 e. The van der Waals surface area contributed by atoms with Gasteiger partial charge in [0.05, 0.1) is 5.56 Å². The Hall–Kier alpha value is -1.10. The Kier molecular flexibility index (Phi) is 5.59. The van der Waals surface area contributed by atoms with E-state index < -0.39 is 12.4 Å². The van der Waals surface area contributed by atoms with Gasteiger partial charge in [-0.3, -0.25) is 0 Å². The van der Waals surface area contributed by atoms with E-state index in [1.54, 1.807) is 6.92 Å². The summed E-state index contributed by atoms with van der Waals surface area (Å²) >= 11 is 1.31. The van der Waals surface area contributed by atoms with E-state index >= 15 is 0 Å². The number of halogens is 2. The van der Waals surface area contributed by atoms with Crippen molar-refractivity contribution < 1.29 is 18.7 Å². The molecule has 0 amide bonds. The van der Waals surface area contributed by atoms with Gasteiger partial charge in [0, 0.05) is 10.5 Å². The summed E-state index contributed by atoms with van der Waals surface area (Å²) in [5.74, 6) is -0.360. The highest BCUT2D eigenvalue weighted by molar-refractivity contribution is 7.99. The summed E-state index contributed by atoms with van der Waals surface area (Å²) in [7, 11) is 0. The molecule has 0 aliphatic heterocycles. The van der Waals surface area contributed by atoms with Crippen LogP contribution in [0.5, 0.6) is 0 Å². The third-order valence-electron chi connectivity index (χ3n) is 2.56. The molecule has 0 unspecified atom stereocenters. The molecule has 0 saturated heterocycles. The molecule has 100 valence electrons. The first-order chi connectivity index (χ1) is 8.52. The molecule has 0 aromatic heterocycles. The van der Waals surface area contributed by atoms with Crippen LogP contribution in [0.4, 0.5) is 8.78 Å². The van der Waals surface area contributed by atoms with E-state index in [4.69, 9.17) is 5.11 Å². The van der Waals surface area contributed by atoms with Crippen molar-refractivity contribution in [3.8, 4) is 0 Å². The topological polar surface area (TPSA) is 37.3 Å². The van der Waals surface area contributed by atoms with Crippen molar-refractivity contribution in [1.29, 1.82) is 0 Å².